The summed E-state index contributed by atoms with van der Waals surface area (Å²) in [4.78, 5) is 0. The van der Waals surface area contributed by atoms with Gasteiger partial charge in [0.2, 0.25) is 0 Å². The Hall–Kier alpha value is -1.72. The van der Waals surface area contributed by atoms with Crippen LogP contribution in [0.4, 0.5) is 18.9 Å². The van der Waals surface area contributed by atoms with Gasteiger partial charge in [0.1, 0.15) is 0 Å². The Morgan fingerprint density at radius 3 is 2.33 bits per heavy atom. The van der Waals surface area contributed by atoms with Crippen molar-refractivity contribution in [2.24, 2.45) is 5.10 Å². The van der Waals surface area contributed by atoms with Gasteiger partial charge in [-0.05, 0) is 24.3 Å². The number of hydrogen-bond acceptors (Lipinski definition) is 3. The molecule has 1 aliphatic rings. The molecule has 6 heteroatoms. The first-order valence-electron chi connectivity index (χ1n) is 4.16. The van der Waals surface area contributed by atoms with Gasteiger partial charge in [-0.15, -0.1) is 5.10 Å². The van der Waals surface area contributed by atoms with Crippen LogP contribution in [0, 0.1) is 0 Å². The molecule has 0 bridgehead atoms. The van der Waals surface area contributed by atoms with Gasteiger partial charge in [0.25, 0.3) is 0 Å². The number of halogens is 3. The quantitative estimate of drug-likeness (QED) is 0.720. The molecule has 15 heavy (non-hydrogen) atoms. The Kier molecular flexibility index (Phi) is 2.26. The number of hydrogen-bond donors (Lipinski definition) is 0. The van der Waals surface area contributed by atoms with Crippen molar-refractivity contribution in [3.8, 4) is 0 Å². The van der Waals surface area contributed by atoms with Crippen molar-refractivity contribution in [1.29, 1.82) is 0 Å². The molecule has 0 fully saturated rings. The third-order valence-electron chi connectivity index (χ3n) is 1.95. The molecule has 0 aliphatic carbocycles. The van der Waals surface area contributed by atoms with E-state index in [4.69, 9.17) is 4.74 Å². The SMILES string of the molecule is FC(F)(F)c1ccc(N2COC=N2)cc1. The molecule has 1 aromatic carbocycles. The first kappa shape index (κ1) is 9.82. The van der Waals surface area contributed by atoms with Crippen molar-refractivity contribution in [3.63, 3.8) is 0 Å². The zero-order valence-electron chi connectivity index (χ0n) is 7.53. The number of rotatable bonds is 1. The molecular formula is C9H7F3N2O. The molecule has 0 N–H and O–H groups in total. The molecule has 1 heterocycles. The van der Waals surface area contributed by atoms with Crippen molar-refractivity contribution >= 4 is 12.1 Å². The van der Waals surface area contributed by atoms with Crippen molar-refractivity contribution in [2.45, 2.75) is 6.18 Å². The molecule has 1 aliphatic heterocycles. The third kappa shape index (κ3) is 2.03. The van der Waals surface area contributed by atoms with E-state index in [1.54, 1.807) is 0 Å². The average Bonchev–Trinajstić information content (AvgIpc) is 2.69. The second kappa shape index (κ2) is 3.45. The average molecular weight is 216 g/mol. The van der Waals surface area contributed by atoms with Crippen molar-refractivity contribution in [2.75, 3.05) is 11.7 Å². The Balaban J connectivity index is 2.20. The van der Waals surface area contributed by atoms with Crippen LogP contribution in [-0.4, -0.2) is 13.1 Å². The zero-order valence-corrected chi connectivity index (χ0v) is 7.53. The summed E-state index contributed by atoms with van der Waals surface area (Å²) in [6.45, 7) is 0.228. The van der Waals surface area contributed by atoms with E-state index in [1.165, 1.54) is 23.5 Å². The van der Waals surface area contributed by atoms with Crippen LogP contribution in [0.2, 0.25) is 0 Å². The number of hydrazone groups is 1. The monoisotopic (exact) mass is 216 g/mol. The molecule has 0 radical (unpaired) electrons. The van der Waals surface area contributed by atoms with E-state index in [0.717, 1.165) is 12.1 Å². The molecule has 1 aromatic rings. The number of ether oxygens (including phenoxy) is 1. The largest absolute Gasteiger partial charge is 0.459 e. The maximum atomic E-state index is 12.2. The summed E-state index contributed by atoms with van der Waals surface area (Å²) >= 11 is 0. The van der Waals surface area contributed by atoms with E-state index in [0.29, 0.717) is 5.69 Å². The Bertz CT molecular complexity index is 372. The van der Waals surface area contributed by atoms with Gasteiger partial charge in [-0.1, -0.05) is 0 Å². The predicted octanol–water partition coefficient (Wildman–Crippen LogP) is 2.44. The van der Waals surface area contributed by atoms with E-state index in [1.807, 2.05) is 0 Å². The highest BCUT2D eigenvalue weighted by Crippen LogP contribution is 2.30. The van der Waals surface area contributed by atoms with Gasteiger partial charge in [-0.3, -0.25) is 0 Å². The van der Waals surface area contributed by atoms with Crippen LogP contribution in [0.15, 0.2) is 29.4 Å². The number of anilines is 1. The van der Waals surface area contributed by atoms with Gasteiger partial charge in [0, 0.05) is 0 Å². The van der Waals surface area contributed by atoms with E-state index < -0.39 is 11.7 Å². The minimum Gasteiger partial charge on any atom is -0.459 e. The first-order chi connectivity index (χ1) is 7.07. The molecule has 0 saturated carbocycles. The van der Waals surface area contributed by atoms with Crippen LogP contribution in [0.1, 0.15) is 5.56 Å². The second-order valence-corrected chi connectivity index (χ2v) is 2.96. The first-order valence-corrected chi connectivity index (χ1v) is 4.16. The fourth-order valence-corrected chi connectivity index (χ4v) is 1.19. The maximum absolute atomic E-state index is 12.2. The molecule has 2 rings (SSSR count). The van der Waals surface area contributed by atoms with Gasteiger partial charge in [-0.2, -0.15) is 13.2 Å². The molecule has 3 nitrogen and oxygen atoms in total. The number of benzene rings is 1. The lowest BCUT2D eigenvalue weighted by atomic mass is 10.2. The highest BCUT2D eigenvalue weighted by molar-refractivity contribution is 5.57. The van der Waals surface area contributed by atoms with Crippen molar-refractivity contribution in [1.82, 2.24) is 0 Å². The summed E-state index contributed by atoms with van der Waals surface area (Å²) in [5.74, 6) is 0. The molecular weight excluding hydrogens is 209 g/mol. The third-order valence-corrected chi connectivity index (χ3v) is 1.95. The molecule has 80 valence electrons. The fourth-order valence-electron chi connectivity index (χ4n) is 1.19. The summed E-state index contributed by atoms with van der Waals surface area (Å²) < 4.78 is 41.5. The summed E-state index contributed by atoms with van der Waals surface area (Å²) in [5, 5.41) is 5.26. The van der Waals surface area contributed by atoms with Gasteiger partial charge in [-0.25, -0.2) is 5.01 Å². The smallest absolute Gasteiger partial charge is 0.416 e. The van der Waals surface area contributed by atoms with E-state index >= 15 is 0 Å². The molecule has 0 saturated heterocycles. The van der Waals surface area contributed by atoms with Crippen LogP contribution in [0.25, 0.3) is 0 Å². The van der Waals surface area contributed by atoms with E-state index in [2.05, 4.69) is 5.10 Å². The molecule has 0 atom stereocenters. The van der Waals surface area contributed by atoms with Gasteiger partial charge < -0.3 is 4.74 Å². The minimum absolute atomic E-state index is 0.228. The summed E-state index contributed by atoms with van der Waals surface area (Å²) in [6.07, 6.45) is -3.05. The topological polar surface area (TPSA) is 24.8 Å². The summed E-state index contributed by atoms with van der Waals surface area (Å²) in [7, 11) is 0. The standard InChI is InChI=1S/C9H7F3N2O/c10-9(11,12)7-1-3-8(4-2-7)14-6-15-5-13-14/h1-5H,6H2. The van der Waals surface area contributed by atoms with Crippen LogP contribution in [-0.2, 0) is 10.9 Å². The number of nitrogens with zero attached hydrogens (tertiary/aromatic N) is 2. The van der Waals surface area contributed by atoms with Crippen molar-refractivity contribution in [3.05, 3.63) is 29.8 Å². The molecule has 0 unspecified atom stereocenters. The van der Waals surface area contributed by atoms with Crippen LogP contribution in [0.5, 0.6) is 0 Å². The normalized spacial score (nSPS) is 15.5. The second-order valence-electron chi connectivity index (χ2n) is 2.96. The lowest BCUT2D eigenvalue weighted by Gasteiger charge is -2.12. The summed E-state index contributed by atoms with van der Waals surface area (Å²) in [5.41, 5.74) is -0.105. The minimum atomic E-state index is -4.30. The van der Waals surface area contributed by atoms with Crippen molar-refractivity contribution < 1.29 is 17.9 Å². The highest BCUT2D eigenvalue weighted by atomic mass is 19.4. The predicted molar refractivity (Wildman–Crippen MR) is 48.4 cm³/mol. The Morgan fingerprint density at radius 2 is 1.87 bits per heavy atom. The molecule has 0 aromatic heterocycles. The van der Waals surface area contributed by atoms with Crippen LogP contribution >= 0.6 is 0 Å². The van der Waals surface area contributed by atoms with Gasteiger partial charge >= 0.3 is 6.18 Å². The number of alkyl halides is 3. The van der Waals surface area contributed by atoms with E-state index in [9.17, 15) is 13.2 Å². The van der Waals surface area contributed by atoms with Crippen LogP contribution < -0.4 is 5.01 Å². The molecule has 0 amide bonds. The zero-order chi connectivity index (χ0) is 10.9. The highest BCUT2D eigenvalue weighted by Gasteiger charge is 2.30. The van der Waals surface area contributed by atoms with Gasteiger partial charge in [0.15, 0.2) is 13.1 Å². The van der Waals surface area contributed by atoms with Crippen LogP contribution in [0.3, 0.4) is 0 Å². The lowest BCUT2D eigenvalue weighted by Crippen LogP contribution is -2.13. The fraction of sp³-hybridized carbons (Fsp3) is 0.222. The summed E-state index contributed by atoms with van der Waals surface area (Å²) in [6, 6.07) is 4.75. The Labute approximate surface area is 83.8 Å². The Morgan fingerprint density at radius 1 is 1.20 bits per heavy atom. The lowest BCUT2D eigenvalue weighted by molar-refractivity contribution is -0.137. The van der Waals surface area contributed by atoms with Gasteiger partial charge in [0.05, 0.1) is 11.3 Å². The molecule has 0 spiro atoms. The maximum Gasteiger partial charge on any atom is 0.416 e. The van der Waals surface area contributed by atoms with E-state index in [-0.39, 0.29) is 6.73 Å².